The highest BCUT2D eigenvalue weighted by Crippen LogP contribution is 2.30. The number of hydrogen-bond acceptors (Lipinski definition) is 2. The van der Waals surface area contributed by atoms with E-state index in [1.165, 1.54) is 0 Å². The molecule has 0 bridgehead atoms. The second-order valence-corrected chi connectivity index (χ2v) is 5.34. The van der Waals surface area contributed by atoms with Crippen LogP contribution < -0.4 is 0 Å². The topological polar surface area (TPSA) is 41.6 Å². The minimum absolute atomic E-state index is 0.884. The molecule has 2 aromatic carbocycles. The highest BCUT2D eigenvalue weighted by molar-refractivity contribution is 5.94. The van der Waals surface area contributed by atoms with Gasteiger partial charge in [-0.15, -0.1) is 0 Å². The van der Waals surface area contributed by atoms with Gasteiger partial charge in [-0.05, 0) is 24.1 Å². The highest BCUT2D eigenvalue weighted by Gasteiger charge is 2.12. The number of aryl methyl sites for hydroxylation is 1. The van der Waals surface area contributed by atoms with E-state index >= 15 is 0 Å². The van der Waals surface area contributed by atoms with Crippen LogP contribution in [0, 0.1) is 6.92 Å². The zero-order chi connectivity index (χ0) is 14.9. The number of benzene rings is 2. The van der Waals surface area contributed by atoms with E-state index in [2.05, 4.69) is 40.1 Å². The monoisotopic (exact) mass is 285 g/mol. The summed E-state index contributed by atoms with van der Waals surface area (Å²) in [4.78, 5) is 12.5. The minimum atomic E-state index is 0.884. The number of rotatable bonds is 2. The Labute approximate surface area is 128 Å². The first-order valence-corrected chi connectivity index (χ1v) is 7.28. The summed E-state index contributed by atoms with van der Waals surface area (Å²) in [7, 11) is 0. The van der Waals surface area contributed by atoms with Crippen molar-refractivity contribution in [3.8, 4) is 22.6 Å². The molecule has 0 amide bonds. The van der Waals surface area contributed by atoms with Gasteiger partial charge < -0.3 is 4.98 Å². The molecule has 0 aliphatic carbocycles. The molecule has 0 saturated carbocycles. The fourth-order valence-corrected chi connectivity index (χ4v) is 2.77. The van der Waals surface area contributed by atoms with E-state index in [0.29, 0.717) is 0 Å². The number of nitrogens with zero attached hydrogens (tertiary/aromatic N) is 2. The van der Waals surface area contributed by atoms with Gasteiger partial charge in [0.2, 0.25) is 0 Å². The van der Waals surface area contributed by atoms with Gasteiger partial charge in [0.15, 0.2) is 0 Å². The Morgan fingerprint density at radius 3 is 2.45 bits per heavy atom. The van der Waals surface area contributed by atoms with Gasteiger partial charge in [-0.1, -0.05) is 48.5 Å². The maximum absolute atomic E-state index is 4.59. The van der Waals surface area contributed by atoms with Gasteiger partial charge in [0, 0.05) is 17.1 Å². The van der Waals surface area contributed by atoms with E-state index in [9.17, 15) is 0 Å². The Kier molecular flexibility index (Phi) is 2.97. The first kappa shape index (κ1) is 12.8. The van der Waals surface area contributed by atoms with Gasteiger partial charge in [0.25, 0.3) is 0 Å². The molecule has 2 heterocycles. The van der Waals surface area contributed by atoms with Gasteiger partial charge in [0.1, 0.15) is 5.82 Å². The third-order valence-corrected chi connectivity index (χ3v) is 3.86. The van der Waals surface area contributed by atoms with Crippen LogP contribution in [0.5, 0.6) is 0 Å². The molecular formula is C19H15N3. The van der Waals surface area contributed by atoms with E-state index in [-0.39, 0.29) is 0 Å². The normalized spacial score (nSPS) is 11.0. The second-order valence-electron chi connectivity index (χ2n) is 5.34. The standard InChI is InChI=1S/C19H15N3/c1-13-11-20-16-10-6-5-9-15(16)18(13)19-21-12-17(22-19)14-7-3-2-4-8-14/h2-12H,1H3,(H,21,22). The SMILES string of the molecule is Cc1cnc2ccccc2c1-c1ncc(-c2ccccc2)[nH]1. The predicted molar refractivity (Wildman–Crippen MR) is 89.5 cm³/mol. The number of pyridine rings is 1. The summed E-state index contributed by atoms with van der Waals surface area (Å²) >= 11 is 0. The Hall–Kier alpha value is -2.94. The molecule has 0 fully saturated rings. The first-order valence-electron chi connectivity index (χ1n) is 7.28. The molecule has 0 unspecified atom stereocenters. The second kappa shape index (κ2) is 5.11. The van der Waals surface area contributed by atoms with E-state index in [1.54, 1.807) is 0 Å². The van der Waals surface area contributed by atoms with Crippen LogP contribution in [-0.2, 0) is 0 Å². The molecule has 0 saturated heterocycles. The van der Waals surface area contributed by atoms with Crippen LogP contribution in [0.2, 0.25) is 0 Å². The van der Waals surface area contributed by atoms with Crippen molar-refractivity contribution < 1.29 is 0 Å². The third-order valence-electron chi connectivity index (χ3n) is 3.86. The third kappa shape index (κ3) is 2.07. The molecule has 106 valence electrons. The molecular weight excluding hydrogens is 270 g/mol. The van der Waals surface area contributed by atoms with Crippen LogP contribution in [0.1, 0.15) is 5.56 Å². The average molecular weight is 285 g/mol. The molecule has 22 heavy (non-hydrogen) atoms. The fourth-order valence-electron chi connectivity index (χ4n) is 2.77. The van der Waals surface area contributed by atoms with Crippen LogP contribution in [0.15, 0.2) is 67.0 Å². The zero-order valence-electron chi connectivity index (χ0n) is 12.2. The molecule has 4 rings (SSSR count). The van der Waals surface area contributed by atoms with Crippen LogP contribution in [0.3, 0.4) is 0 Å². The molecule has 4 aromatic rings. The van der Waals surface area contributed by atoms with Crippen molar-refractivity contribution in [1.82, 2.24) is 15.0 Å². The molecule has 0 aliphatic rings. The number of aromatic amines is 1. The zero-order valence-corrected chi connectivity index (χ0v) is 12.2. The Balaban J connectivity index is 1.90. The summed E-state index contributed by atoms with van der Waals surface area (Å²) in [5, 5.41) is 1.12. The molecule has 2 aromatic heterocycles. The van der Waals surface area contributed by atoms with Crippen molar-refractivity contribution in [3.63, 3.8) is 0 Å². The quantitative estimate of drug-likeness (QED) is 0.584. The van der Waals surface area contributed by atoms with E-state index in [4.69, 9.17) is 0 Å². The lowest BCUT2D eigenvalue weighted by Crippen LogP contribution is -1.90. The number of para-hydroxylation sites is 1. The Morgan fingerprint density at radius 2 is 1.59 bits per heavy atom. The number of fused-ring (bicyclic) bond motifs is 1. The van der Waals surface area contributed by atoms with Crippen molar-refractivity contribution in [2.24, 2.45) is 0 Å². The summed E-state index contributed by atoms with van der Waals surface area (Å²) in [5.41, 5.74) is 5.38. The number of nitrogens with one attached hydrogen (secondary N) is 1. The van der Waals surface area contributed by atoms with E-state index < -0.39 is 0 Å². The van der Waals surface area contributed by atoms with E-state index in [1.807, 2.05) is 48.8 Å². The van der Waals surface area contributed by atoms with Gasteiger partial charge >= 0.3 is 0 Å². The highest BCUT2D eigenvalue weighted by atomic mass is 14.9. The maximum Gasteiger partial charge on any atom is 0.138 e. The predicted octanol–water partition coefficient (Wildman–Crippen LogP) is 4.60. The van der Waals surface area contributed by atoms with Gasteiger partial charge in [-0.2, -0.15) is 0 Å². The lowest BCUT2D eigenvalue weighted by atomic mass is 10.0. The largest absolute Gasteiger partial charge is 0.338 e. The number of H-pyrrole nitrogens is 1. The average Bonchev–Trinajstić information content (AvgIpc) is 3.05. The minimum Gasteiger partial charge on any atom is -0.338 e. The molecule has 3 heteroatoms. The smallest absolute Gasteiger partial charge is 0.138 e. The Bertz CT molecular complexity index is 939. The number of hydrogen-bond donors (Lipinski definition) is 1. The van der Waals surface area contributed by atoms with Gasteiger partial charge in [0.05, 0.1) is 17.4 Å². The van der Waals surface area contributed by atoms with Crippen molar-refractivity contribution in [2.75, 3.05) is 0 Å². The molecule has 3 nitrogen and oxygen atoms in total. The Morgan fingerprint density at radius 1 is 0.818 bits per heavy atom. The molecule has 0 radical (unpaired) electrons. The van der Waals surface area contributed by atoms with Crippen LogP contribution in [-0.4, -0.2) is 15.0 Å². The lowest BCUT2D eigenvalue weighted by molar-refractivity contribution is 1.27. The van der Waals surface area contributed by atoms with Gasteiger partial charge in [-0.3, -0.25) is 4.98 Å². The summed E-state index contributed by atoms with van der Waals surface area (Å²) in [6.45, 7) is 2.07. The first-order chi connectivity index (χ1) is 10.8. The van der Waals surface area contributed by atoms with Crippen LogP contribution in [0.4, 0.5) is 0 Å². The number of imidazole rings is 1. The van der Waals surface area contributed by atoms with Crippen LogP contribution in [0.25, 0.3) is 33.5 Å². The molecule has 1 N–H and O–H groups in total. The number of aromatic nitrogens is 3. The summed E-state index contributed by atoms with van der Waals surface area (Å²) in [5.74, 6) is 0.884. The van der Waals surface area contributed by atoms with Crippen molar-refractivity contribution in [3.05, 3.63) is 72.6 Å². The lowest BCUT2D eigenvalue weighted by Gasteiger charge is -2.07. The van der Waals surface area contributed by atoms with Crippen LogP contribution >= 0.6 is 0 Å². The summed E-state index contributed by atoms with van der Waals surface area (Å²) in [6, 6.07) is 18.4. The van der Waals surface area contributed by atoms with Crippen molar-refractivity contribution in [1.29, 1.82) is 0 Å². The van der Waals surface area contributed by atoms with E-state index in [0.717, 1.165) is 39.1 Å². The molecule has 0 atom stereocenters. The fraction of sp³-hybridized carbons (Fsp3) is 0.0526. The molecule has 0 aliphatic heterocycles. The van der Waals surface area contributed by atoms with Crippen molar-refractivity contribution >= 4 is 10.9 Å². The summed E-state index contributed by atoms with van der Waals surface area (Å²) in [6.07, 6.45) is 3.79. The van der Waals surface area contributed by atoms with Gasteiger partial charge in [-0.25, -0.2) is 4.98 Å². The summed E-state index contributed by atoms with van der Waals surface area (Å²) < 4.78 is 0. The van der Waals surface area contributed by atoms with Crippen molar-refractivity contribution in [2.45, 2.75) is 6.92 Å². The molecule has 0 spiro atoms. The maximum atomic E-state index is 4.59.